The zero-order valence-electron chi connectivity index (χ0n) is 15.7. The molecule has 0 unspecified atom stereocenters. The summed E-state index contributed by atoms with van der Waals surface area (Å²) in [4.78, 5) is 23.6. The summed E-state index contributed by atoms with van der Waals surface area (Å²) in [5.74, 6) is 0.664. The van der Waals surface area contributed by atoms with Crippen molar-refractivity contribution in [2.45, 2.75) is 59.3 Å². The molecule has 2 atom stereocenters. The Morgan fingerprint density at radius 3 is 2.52 bits per heavy atom. The molecule has 1 aromatic rings. The number of carbonyl (C=O) groups excluding carboxylic acids is 2. The monoisotopic (exact) mass is 346 g/mol. The Hall–Kier alpha value is -1.88. The van der Waals surface area contributed by atoms with E-state index in [0.29, 0.717) is 32.0 Å². The van der Waals surface area contributed by atoms with Gasteiger partial charge >= 0.3 is 0 Å². The van der Waals surface area contributed by atoms with Crippen molar-refractivity contribution < 1.29 is 14.3 Å². The SMILES string of the molecule is C[C@H]1C[C@@H]1C(=O)NCCC(=O)NCc1cccc(COC(C)(C)C)c1. The van der Waals surface area contributed by atoms with Crippen LogP contribution in [0, 0.1) is 11.8 Å². The Kier molecular flexibility index (Phi) is 6.59. The highest BCUT2D eigenvalue weighted by Gasteiger charge is 2.38. The summed E-state index contributed by atoms with van der Waals surface area (Å²) in [6.07, 6.45) is 1.27. The molecule has 0 spiro atoms. The number of rotatable bonds is 8. The summed E-state index contributed by atoms with van der Waals surface area (Å²) < 4.78 is 5.78. The molecule has 138 valence electrons. The largest absolute Gasteiger partial charge is 0.371 e. The highest BCUT2D eigenvalue weighted by molar-refractivity contribution is 5.82. The molecule has 1 aliphatic carbocycles. The molecular weight excluding hydrogens is 316 g/mol. The van der Waals surface area contributed by atoms with Crippen LogP contribution in [0.1, 0.15) is 51.7 Å². The van der Waals surface area contributed by atoms with Crippen LogP contribution in [0.15, 0.2) is 24.3 Å². The lowest BCUT2D eigenvalue weighted by atomic mass is 10.1. The molecule has 5 nitrogen and oxygen atoms in total. The van der Waals surface area contributed by atoms with Gasteiger partial charge in [0.15, 0.2) is 0 Å². The van der Waals surface area contributed by atoms with E-state index in [1.165, 1.54) is 0 Å². The summed E-state index contributed by atoms with van der Waals surface area (Å²) in [7, 11) is 0. The van der Waals surface area contributed by atoms with Crippen LogP contribution in [0.3, 0.4) is 0 Å². The molecule has 2 rings (SSSR count). The Bertz CT molecular complexity index is 607. The molecule has 1 saturated carbocycles. The zero-order chi connectivity index (χ0) is 18.4. The lowest BCUT2D eigenvalue weighted by Gasteiger charge is -2.19. The van der Waals surface area contributed by atoms with Crippen LogP contribution in [0.4, 0.5) is 0 Å². The van der Waals surface area contributed by atoms with Gasteiger partial charge in [-0.1, -0.05) is 31.2 Å². The van der Waals surface area contributed by atoms with Crippen molar-refractivity contribution in [1.29, 1.82) is 0 Å². The number of ether oxygens (including phenoxy) is 1. The summed E-state index contributed by atoms with van der Waals surface area (Å²) >= 11 is 0. The van der Waals surface area contributed by atoms with Crippen LogP contribution in [-0.4, -0.2) is 24.0 Å². The van der Waals surface area contributed by atoms with E-state index in [0.717, 1.165) is 17.5 Å². The maximum absolute atomic E-state index is 11.9. The molecular formula is C20H30N2O3. The smallest absolute Gasteiger partial charge is 0.223 e. The molecule has 5 heteroatoms. The van der Waals surface area contributed by atoms with E-state index in [9.17, 15) is 9.59 Å². The van der Waals surface area contributed by atoms with Crippen LogP contribution in [0.2, 0.25) is 0 Å². The number of benzene rings is 1. The van der Waals surface area contributed by atoms with Crippen LogP contribution in [0.25, 0.3) is 0 Å². The maximum Gasteiger partial charge on any atom is 0.223 e. The number of nitrogens with one attached hydrogen (secondary N) is 2. The van der Waals surface area contributed by atoms with Gasteiger partial charge < -0.3 is 15.4 Å². The summed E-state index contributed by atoms with van der Waals surface area (Å²) in [5, 5.41) is 5.72. The lowest BCUT2D eigenvalue weighted by molar-refractivity contribution is -0.123. The Morgan fingerprint density at radius 2 is 1.88 bits per heavy atom. The number of hydrogen-bond acceptors (Lipinski definition) is 3. The summed E-state index contributed by atoms with van der Waals surface area (Å²) in [6, 6.07) is 8.02. The van der Waals surface area contributed by atoms with Crippen molar-refractivity contribution >= 4 is 11.8 Å². The molecule has 0 heterocycles. The van der Waals surface area contributed by atoms with E-state index >= 15 is 0 Å². The fraction of sp³-hybridized carbons (Fsp3) is 0.600. The first-order valence-corrected chi connectivity index (χ1v) is 9.01. The van der Waals surface area contributed by atoms with Crippen molar-refractivity contribution in [3.63, 3.8) is 0 Å². The van der Waals surface area contributed by atoms with Gasteiger partial charge in [0.2, 0.25) is 11.8 Å². The van der Waals surface area contributed by atoms with Crippen molar-refractivity contribution in [2.24, 2.45) is 11.8 Å². The fourth-order valence-corrected chi connectivity index (χ4v) is 2.54. The summed E-state index contributed by atoms with van der Waals surface area (Å²) in [6.45, 7) is 9.58. The van der Waals surface area contributed by atoms with Crippen LogP contribution < -0.4 is 10.6 Å². The molecule has 0 saturated heterocycles. The first kappa shape index (κ1) is 19.4. The third-order valence-electron chi connectivity index (χ3n) is 4.25. The minimum absolute atomic E-state index is 0.0551. The maximum atomic E-state index is 11.9. The molecule has 0 radical (unpaired) electrons. The number of carbonyl (C=O) groups is 2. The normalized spacial score (nSPS) is 19.4. The molecule has 0 bridgehead atoms. The van der Waals surface area contributed by atoms with E-state index in [2.05, 4.69) is 17.6 Å². The molecule has 0 aromatic heterocycles. The van der Waals surface area contributed by atoms with E-state index in [4.69, 9.17) is 4.74 Å². The highest BCUT2D eigenvalue weighted by Crippen LogP contribution is 2.37. The van der Waals surface area contributed by atoms with Crippen LogP contribution >= 0.6 is 0 Å². The number of amides is 2. The quantitative estimate of drug-likeness (QED) is 0.760. The van der Waals surface area contributed by atoms with Gasteiger partial charge in [-0.15, -0.1) is 0 Å². The van der Waals surface area contributed by atoms with E-state index in [1.807, 2.05) is 45.0 Å². The van der Waals surface area contributed by atoms with Crippen LogP contribution in [-0.2, 0) is 27.5 Å². The molecule has 1 aliphatic rings. The fourth-order valence-electron chi connectivity index (χ4n) is 2.54. The Balaban J connectivity index is 1.67. The van der Waals surface area contributed by atoms with E-state index < -0.39 is 0 Å². The minimum atomic E-state index is -0.174. The second-order valence-electron chi connectivity index (χ2n) is 7.86. The van der Waals surface area contributed by atoms with Crippen molar-refractivity contribution in [2.75, 3.05) is 6.54 Å². The van der Waals surface area contributed by atoms with Gasteiger partial charge in [-0.05, 0) is 44.2 Å². The standard InChI is InChI=1S/C20H30N2O3/c1-14-10-17(14)19(24)21-9-8-18(23)22-12-15-6-5-7-16(11-15)13-25-20(2,3)4/h5-7,11,14,17H,8-10,12-13H2,1-4H3,(H,21,24)(H,22,23)/t14-,17-/m0/s1. The topological polar surface area (TPSA) is 67.4 Å². The predicted octanol–water partition coefficient (Wildman–Crippen LogP) is 2.78. The van der Waals surface area contributed by atoms with E-state index in [1.54, 1.807) is 0 Å². The first-order valence-electron chi connectivity index (χ1n) is 9.01. The molecule has 2 amide bonds. The highest BCUT2D eigenvalue weighted by atomic mass is 16.5. The molecule has 1 fully saturated rings. The van der Waals surface area contributed by atoms with Crippen LogP contribution in [0.5, 0.6) is 0 Å². The predicted molar refractivity (Wildman–Crippen MR) is 97.7 cm³/mol. The van der Waals surface area contributed by atoms with Gasteiger partial charge in [-0.2, -0.15) is 0 Å². The molecule has 25 heavy (non-hydrogen) atoms. The van der Waals surface area contributed by atoms with Crippen molar-refractivity contribution in [1.82, 2.24) is 10.6 Å². The Labute approximate surface area is 150 Å². The van der Waals surface area contributed by atoms with Crippen molar-refractivity contribution in [3.8, 4) is 0 Å². The Morgan fingerprint density at radius 1 is 1.20 bits per heavy atom. The third-order valence-corrected chi connectivity index (χ3v) is 4.25. The average Bonchev–Trinajstić information content (AvgIpc) is 3.28. The first-order chi connectivity index (χ1) is 11.7. The second-order valence-corrected chi connectivity index (χ2v) is 7.86. The van der Waals surface area contributed by atoms with Gasteiger partial charge in [-0.25, -0.2) is 0 Å². The minimum Gasteiger partial charge on any atom is -0.371 e. The average molecular weight is 346 g/mol. The van der Waals surface area contributed by atoms with Gasteiger partial charge in [-0.3, -0.25) is 9.59 Å². The lowest BCUT2D eigenvalue weighted by Crippen LogP contribution is -2.31. The zero-order valence-corrected chi connectivity index (χ0v) is 15.7. The third kappa shape index (κ3) is 7.26. The summed E-state index contributed by atoms with van der Waals surface area (Å²) in [5.41, 5.74) is 1.96. The van der Waals surface area contributed by atoms with E-state index in [-0.39, 0.29) is 23.3 Å². The van der Waals surface area contributed by atoms with Gasteiger partial charge in [0, 0.05) is 25.4 Å². The van der Waals surface area contributed by atoms with Crippen molar-refractivity contribution in [3.05, 3.63) is 35.4 Å². The molecule has 2 N–H and O–H groups in total. The van der Waals surface area contributed by atoms with Gasteiger partial charge in [0.05, 0.1) is 12.2 Å². The molecule has 1 aromatic carbocycles. The molecule has 0 aliphatic heterocycles. The second kappa shape index (κ2) is 8.48. The van der Waals surface area contributed by atoms with Gasteiger partial charge in [0.1, 0.15) is 0 Å². The number of hydrogen-bond donors (Lipinski definition) is 2. The van der Waals surface area contributed by atoms with Gasteiger partial charge in [0.25, 0.3) is 0 Å².